The van der Waals surface area contributed by atoms with E-state index < -0.39 is 16.3 Å². The summed E-state index contributed by atoms with van der Waals surface area (Å²) in [6.45, 7) is 4.05. The molecule has 0 aromatic carbocycles. The minimum atomic E-state index is -3.44. The Balaban J connectivity index is 2.04. The molecule has 0 saturated carbocycles. The molecule has 1 atom stereocenters. The minimum Gasteiger partial charge on any atom is -0.385 e. The monoisotopic (exact) mass is 290 g/mol. The Morgan fingerprint density at radius 1 is 1.26 bits per heavy atom. The summed E-state index contributed by atoms with van der Waals surface area (Å²) in [4.78, 5) is 0. The summed E-state index contributed by atoms with van der Waals surface area (Å²) in [6.07, 6.45) is 1.19. The largest absolute Gasteiger partial charge is 0.385 e. The van der Waals surface area contributed by atoms with Crippen molar-refractivity contribution < 1.29 is 13.2 Å². The van der Waals surface area contributed by atoms with E-state index in [0.717, 1.165) is 12.8 Å². The van der Waals surface area contributed by atoms with Crippen LogP contribution in [-0.2, 0) is 14.9 Å². The molecule has 0 spiro atoms. The molecule has 0 aliphatic carbocycles. The fourth-order valence-electron chi connectivity index (χ4n) is 2.40. The van der Waals surface area contributed by atoms with Crippen LogP contribution in [0, 0.1) is 11.3 Å². The smallest absolute Gasteiger partial charge is 0.282 e. The van der Waals surface area contributed by atoms with E-state index in [-0.39, 0.29) is 19.0 Å². The molecule has 7 nitrogen and oxygen atoms in total. The van der Waals surface area contributed by atoms with Crippen LogP contribution in [0.25, 0.3) is 0 Å². The Hall–Kier alpha value is -0.700. The van der Waals surface area contributed by atoms with Crippen LogP contribution < -0.4 is 5.73 Å². The molecule has 2 saturated heterocycles. The van der Waals surface area contributed by atoms with Gasteiger partial charge in [-0.2, -0.15) is 17.0 Å². The van der Waals surface area contributed by atoms with Gasteiger partial charge in [-0.3, -0.25) is 5.41 Å². The number of nitrogens with zero attached hydrogens (tertiary/aromatic N) is 2. The summed E-state index contributed by atoms with van der Waals surface area (Å²) in [5.74, 6) is 0.466. The fourth-order valence-corrected chi connectivity index (χ4v) is 4.03. The van der Waals surface area contributed by atoms with Gasteiger partial charge < -0.3 is 10.5 Å². The fraction of sp³-hybridized carbons (Fsp3) is 0.909. The SMILES string of the molecule is CC1CCN(S(=O)(=O)N2CCOC(C(=N)N)C2)CC1. The summed E-state index contributed by atoms with van der Waals surface area (Å²) in [5.41, 5.74) is 5.39. The number of ether oxygens (including phenoxy) is 1. The predicted molar refractivity (Wildman–Crippen MR) is 72.1 cm³/mol. The van der Waals surface area contributed by atoms with Crippen molar-refractivity contribution in [3.8, 4) is 0 Å². The number of amidine groups is 1. The molecule has 2 heterocycles. The Bertz CT molecular complexity index is 431. The second-order valence-electron chi connectivity index (χ2n) is 5.26. The Morgan fingerprint density at radius 2 is 1.89 bits per heavy atom. The maximum atomic E-state index is 12.5. The van der Waals surface area contributed by atoms with Crippen LogP contribution in [-0.4, -0.2) is 61.8 Å². The number of hydrogen-bond donors (Lipinski definition) is 2. The van der Waals surface area contributed by atoms with E-state index in [0.29, 0.717) is 25.6 Å². The van der Waals surface area contributed by atoms with Gasteiger partial charge in [0, 0.05) is 26.2 Å². The lowest BCUT2D eigenvalue weighted by Gasteiger charge is -2.37. The number of rotatable bonds is 3. The zero-order valence-corrected chi connectivity index (χ0v) is 12.0. The zero-order valence-electron chi connectivity index (χ0n) is 11.2. The summed E-state index contributed by atoms with van der Waals surface area (Å²) in [7, 11) is -3.44. The van der Waals surface area contributed by atoms with E-state index in [1.165, 1.54) is 8.61 Å². The van der Waals surface area contributed by atoms with Gasteiger partial charge in [-0.15, -0.1) is 0 Å². The van der Waals surface area contributed by atoms with E-state index in [1.54, 1.807) is 0 Å². The average Bonchev–Trinajstić information content (AvgIpc) is 2.39. The van der Waals surface area contributed by atoms with Gasteiger partial charge in [-0.25, -0.2) is 0 Å². The maximum Gasteiger partial charge on any atom is 0.282 e. The van der Waals surface area contributed by atoms with Crippen LogP contribution in [0.4, 0.5) is 0 Å². The highest BCUT2D eigenvalue weighted by molar-refractivity contribution is 7.86. The van der Waals surface area contributed by atoms with Gasteiger partial charge in [0.1, 0.15) is 11.9 Å². The first-order chi connectivity index (χ1) is 8.91. The number of piperidine rings is 1. The van der Waals surface area contributed by atoms with Gasteiger partial charge in [-0.1, -0.05) is 6.92 Å². The summed E-state index contributed by atoms with van der Waals surface area (Å²) < 4.78 is 33.2. The highest BCUT2D eigenvalue weighted by Crippen LogP contribution is 2.22. The standard InChI is InChI=1S/C11H22N4O3S/c1-9-2-4-14(5-3-9)19(16,17)15-6-7-18-10(8-15)11(12)13/h9-10H,2-8H2,1H3,(H3,12,13). The molecule has 0 aromatic rings. The van der Waals surface area contributed by atoms with Crippen molar-refractivity contribution in [3.05, 3.63) is 0 Å². The molecule has 0 bridgehead atoms. The Morgan fingerprint density at radius 3 is 2.47 bits per heavy atom. The zero-order chi connectivity index (χ0) is 14.0. The van der Waals surface area contributed by atoms with Gasteiger partial charge in [0.05, 0.1) is 6.61 Å². The molecule has 2 fully saturated rings. The van der Waals surface area contributed by atoms with Crippen LogP contribution in [0.1, 0.15) is 19.8 Å². The molecule has 1 unspecified atom stereocenters. The lowest BCUT2D eigenvalue weighted by atomic mass is 10.0. The minimum absolute atomic E-state index is 0.118. The van der Waals surface area contributed by atoms with Gasteiger partial charge in [0.25, 0.3) is 10.2 Å². The normalized spacial score (nSPS) is 28.4. The summed E-state index contributed by atoms with van der Waals surface area (Å²) in [5, 5.41) is 7.37. The van der Waals surface area contributed by atoms with Gasteiger partial charge in [0.2, 0.25) is 0 Å². The third-order valence-corrected chi connectivity index (χ3v) is 5.77. The van der Waals surface area contributed by atoms with Gasteiger partial charge in [-0.05, 0) is 18.8 Å². The molecule has 3 N–H and O–H groups in total. The molecule has 8 heteroatoms. The number of nitrogens with one attached hydrogen (secondary N) is 1. The van der Waals surface area contributed by atoms with Crippen molar-refractivity contribution in [2.24, 2.45) is 11.7 Å². The Kier molecular flexibility index (Phi) is 4.44. The topological polar surface area (TPSA) is 99.7 Å². The van der Waals surface area contributed by atoms with Crippen LogP contribution in [0.5, 0.6) is 0 Å². The van der Waals surface area contributed by atoms with E-state index in [9.17, 15) is 8.42 Å². The van der Waals surface area contributed by atoms with Crippen molar-refractivity contribution in [2.75, 3.05) is 32.8 Å². The lowest BCUT2D eigenvalue weighted by Crippen LogP contribution is -2.55. The van der Waals surface area contributed by atoms with Crippen molar-refractivity contribution in [3.63, 3.8) is 0 Å². The van der Waals surface area contributed by atoms with Gasteiger partial charge >= 0.3 is 0 Å². The first kappa shape index (κ1) is 14.7. The highest BCUT2D eigenvalue weighted by atomic mass is 32.2. The highest BCUT2D eigenvalue weighted by Gasteiger charge is 2.36. The molecule has 2 aliphatic heterocycles. The van der Waals surface area contributed by atoms with Crippen molar-refractivity contribution in [1.29, 1.82) is 5.41 Å². The molecule has 2 aliphatic rings. The number of hydrogen-bond acceptors (Lipinski definition) is 4. The molecule has 0 amide bonds. The molecule has 2 rings (SSSR count). The molecule has 0 radical (unpaired) electrons. The van der Waals surface area contributed by atoms with Crippen LogP contribution >= 0.6 is 0 Å². The van der Waals surface area contributed by atoms with Gasteiger partial charge in [0.15, 0.2) is 0 Å². The van der Waals surface area contributed by atoms with E-state index in [1.807, 2.05) is 0 Å². The molecule has 19 heavy (non-hydrogen) atoms. The lowest BCUT2D eigenvalue weighted by molar-refractivity contribution is 0.0341. The first-order valence-corrected chi connectivity index (χ1v) is 8.01. The molecule has 0 aromatic heterocycles. The van der Waals surface area contributed by atoms with E-state index >= 15 is 0 Å². The summed E-state index contributed by atoms with van der Waals surface area (Å²) in [6, 6.07) is 0. The predicted octanol–water partition coefficient (Wildman–Crippen LogP) is -0.400. The molecule has 110 valence electrons. The van der Waals surface area contributed by atoms with Crippen molar-refractivity contribution in [1.82, 2.24) is 8.61 Å². The maximum absolute atomic E-state index is 12.5. The van der Waals surface area contributed by atoms with Crippen LogP contribution in [0.15, 0.2) is 0 Å². The third-order valence-electron chi connectivity index (χ3n) is 3.77. The second kappa shape index (κ2) is 5.74. The van der Waals surface area contributed by atoms with Crippen LogP contribution in [0.2, 0.25) is 0 Å². The van der Waals surface area contributed by atoms with Crippen molar-refractivity contribution >= 4 is 16.0 Å². The quantitative estimate of drug-likeness (QED) is 0.545. The number of morpholine rings is 1. The first-order valence-electron chi connectivity index (χ1n) is 6.62. The van der Waals surface area contributed by atoms with E-state index in [2.05, 4.69) is 6.92 Å². The third kappa shape index (κ3) is 3.25. The molecular weight excluding hydrogens is 268 g/mol. The average molecular weight is 290 g/mol. The summed E-state index contributed by atoms with van der Waals surface area (Å²) >= 11 is 0. The van der Waals surface area contributed by atoms with Crippen molar-refractivity contribution in [2.45, 2.75) is 25.9 Å². The van der Waals surface area contributed by atoms with Crippen LogP contribution in [0.3, 0.4) is 0 Å². The molecular formula is C11H22N4O3S. The number of nitrogens with two attached hydrogens (primary N) is 1. The Labute approximate surface area is 114 Å². The second-order valence-corrected chi connectivity index (χ2v) is 7.19. The van der Waals surface area contributed by atoms with E-state index in [4.69, 9.17) is 15.9 Å².